The van der Waals surface area contributed by atoms with E-state index >= 15 is 0 Å². The van der Waals surface area contributed by atoms with E-state index in [-0.39, 0.29) is 46.6 Å². The molecule has 0 unspecified atom stereocenters. The molecule has 5 atom stereocenters. The molecule has 14 nitrogen and oxygen atoms in total. The molecule has 0 fully saturated rings. The van der Waals surface area contributed by atoms with Gasteiger partial charge in [0.2, 0.25) is 23.6 Å². The first kappa shape index (κ1) is 44.8. The van der Waals surface area contributed by atoms with Crippen molar-refractivity contribution < 1.29 is 43.4 Å². The Bertz CT molecular complexity index is 2240. The summed E-state index contributed by atoms with van der Waals surface area (Å²) < 4.78 is 13.1. The molecule has 4 aromatic rings. The zero-order valence-corrected chi connectivity index (χ0v) is 34.1. The smallest absolute Gasteiger partial charge is 0.251 e. The number of alkyl halides is 1. The molecule has 4 bridgehead atoms. The van der Waals surface area contributed by atoms with Gasteiger partial charge in [0.15, 0.2) is 5.78 Å². The van der Waals surface area contributed by atoms with Crippen molar-refractivity contribution in [3.63, 3.8) is 0 Å². The number of rotatable bonds is 13. The minimum Gasteiger partial charge on any atom is -0.507 e. The van der Waals surface area contributed by atoms with Gasteiger partial charge in [-0.3, -0.25) is 28.8 Å². The molecular weight excluding hydrogens is 795 g/mol. The third-order valence-corrected chi connectivity index (χ3v) is 10.6. The van der Waals surface area contributed by atoms with Crippen LogP contribution in [-0.2, 0) is 30.4 Å². The summed E-state index contributed by atoms with van der Waals surface area (Å²) in [7, 11) is 1.37. The number of carbonyl (C=O) groups excluding carboxylic acids is 6. The number of aromatic hydroxyl groups is 2. The fraction of sp³-hybridized carbons (Fsp3) is 0.318. The van der Waals surface area contributed by atoms with E-state index in [2.05, 4.69) is 21.3 Å². The van der Waals surface area contributed by atoms with E-state index in [4.69, 9.17) is 17.3 Å². The highest BCUT2D eigenvalue weighted by molar-refractivity contribution is 6.30. The van der Waals surface area contributed by atoms with Gasteiger partial charge in [-0.1, -0.05) is 48.0 Å². The highest BCUT2D eigenvalue weighted by Gasteiger charge is 2.36. The Morgan fingerprint density at radius 1 is 0.867 bits per heavy atom. The van der Waals surface area contributed by atoms with Gasteiger partial charge in [0.05, 0.1) is 6.04 Å². The molecule has 1 aliphatic heterocycles. The number of nitrogens with one attached hydrogen (secondary N) is 4. The molecule has 0 spiro atoms. The molecule has 1 heterocycles. The van der Waals surface area contributed by atoms with Gasteiger partial charge in [-0.25, -0.2) is 4.39 Å². The average molecular weight is 843 g/mol. The minimum atomic E-state index is -1.46. The number of nitrogens with two attached hydrogens (primary N) is 1. The molecule has 316 valence electrons. The second-order valence-corrected chi connectivity index (χ2v) is 15.1. The van der Waals surface area contributed by atoms with Crippen molar-refractivity contribution in [3.8, 4) is 33.8 Å². The van der Waals surface area contributed by atoms with Crippen molar-refractivity contribution in [2.24, 2.45) is 5.73 Å². The van der Waals surface area contributed by atoms with Crippen LogP contribution in [-0.4, -0.2) is 94.9 Å². The Balaban J connectivity index is 1.49. The average Bonchev–Trinajstić information content (AvgIpc) is 3.23. The molecule has 0 radical (unpaired) electrons. The molecule has 60 heavy (non-hydrogen) atoms. The Kier molecular flexibility index (Phi) is 15.0. The predicted molar refractivity (Wildman–Crippen MR) is 224 cm³/mol. The van der Waals surface area contributed by atoms with E-state index in [1.165, 1.54) is 57.3 Å². The first-order valence-corrected chi connectivity index (χ1v) is 19.8. The number of carbonyl (C=O) groups is 6. The van der Waals surface area contributed by atoms with Crippen molar-refractivity contribution in [1.29, 1.82) is 0 Å². The molecule has 5 amide bonds. The zero-order chi connectivity index (χ0) is 43.7. The molecule has 0 aliphatic carbocycles. The van der Waals surface area contributed by atoms with Crippen molar-refractivity contribution in [1.82, 2.24) is 26.2 Å². The van der Waals surface area contributed by atoms with Crippen LogP contribution in [0.4, 0.5) is 4.39 Å². The van der Waals surface area contributed by atoms with Crippen LogP contribution in [0.3, 0.4) is 0 Å². The van der Waals surface area contributed by atoms with Gasteiger partial charge < -0.3 is 42.1 Å². The number of halogens is 2. The van der Waals surface area contributed by atoms with Crippen molar-refractivity contribution >= 4 is 46.9 Å². The van der Waals surface area contributed by atoms with E-state index in [0.717, 1.165) is 16.0 Å². The number of hydrogen-bond donors (Lipinski definition) is 7. The number of unbranched alkanes of at least 4 members (excludes halogenated alkanes) is 1. The lowest BCUT2D eigenvalue weighted by Gasteiger charge is -2.32. The van der Waals surface area contributed by atoms with Crippen LogP contribution in [0.2, 0.25) is 5.02 Å². The Morgan fingerprint density at radius 2 is 1.48 bits per heavy atom. The van der Waals surface area contributed by atoms with Gasteiger partial charge in [-0.2, -0.15) is 0 Å². The standard InChI is InChI=1S/C44H48ClFN6O8/c1-24(38(55)23-46)48-42(58)35-21-26-7-17-36(53)32(20-26)33-22-30(14-18-37(33)54)39(43(59)49-25(2)40(56)51-35)52(3)44(60)34(6-4-5-19-47)50-41(57)29-10-8-27(9-11-29)28-12-15-31(45)16-13-28/h7-18,20,22,24-25,34-35,39,53-54H,4-6,19,21,23,47H2,1-3H3,(H,48,58)(H,49,59)(H,50,57)(H,51,56)/t24-,25-,34-,35-,39-/m0/s1. The van der Waals surface area contributed by atoms with E-state index in [9.17, 15) is 43.4 Å². The van der Waals surface area contributed by atoms with Gasteiger partial charge in [0.1, 0.15) is 42.3 Å². The highest BCUT2D eigenvalue weighted by Crippen LogP contribution is 2.39. The first-order valence-electron chi connectivity index (χ1n) is 19.4. The number of nitrogens with zero attached hydrogens (tertiary/aromatic N) is 1. The van der Waals surface area contributed by atoms with E-state index < -0.39 is 72.2 Å². The quantitative estimate of drug-likeness (QED) is 0.0963. The van der Waals surface area contributed by atoms with Crippen LogP contribution in [0.15, 0.2) is 84.9 Å². The second kappa shape index (κ2) is 20.1. The van der Waals surface area contributed by atoms with Crippen LogP contribution in [0.1, 0.15) is 60.6 Å². The van der Waals surface area contributed by atoms with Gasteiger partial charge in [0, 0.05) is 35.2 Å². The number of ketones is 1. The number of likely N-dealkylation sites (N-methyl/N-ethyl adjacent to an activating group) is 1. The van der Waals surface area contributed by atoms with Gasteiger partial charge in [0.25, 0.3) is 5.91 Å². The number of fused-ring (bicyclic) bond motifs is 5. The Labute approximate surface area is 351 Å². The van der Waals surface area contributed by atoms with E-state index in [1.807, 2.05) is 12.1 Å². The number of hydrogen-bond acceptors (Lipinski definition) is 9. The molecule has 1 aliphatic rings. The lowest BCUT2D eigenvalue weighted by molar-refractivity contribution is -0.141. The molecule has 0 saturated carbocycles. The van der Waals surface area contributed by atoms with Crippen LogP contribution in [0.5, 0.6) is 11.5 Å². The number of Topliss-reactive ketones (excluding diaryl/α,β-unsaturated/α-hetero) is 1. The normalized spacial score (nSPS) is 17.5. The van der Waals surface area contributed by atoms with E-state index in [0.29, 0.717) is 30.0 Å². The maximum Gasteiger partial charge on any atom is 0.251 e. The monoisotopic (exact) mass is 842 g/mol. The minimum absolute atomic E-state index is 0.0812. The number of amides is 5. The fourth-order valence-electron chi connectivity index (χ4n) is 6.85. The molecule has 0 aromatic heterocycles. The van der Waals surface area contributed by atoms with Crippen molar-refractivity contribution in [2.75, 3.05) is 20.3 Å². The van der Waals surface area contributed by atoms with Crippen LogP contribution >= 0.6 is 11.6 Å². The SMILES string of the molecule is C[C@H](NC(=O)[C@@H]1Cc2ccc(O)c(c2)-c2cc(ccc2O)[C@H](N(C)C(=O)[C@H](CCCCN)NC(=O)c2ccc(-c3ccc(Cl)cc3)cc2)C(=O)N[C@@H](C)C(=O)N1)C(=O)CF. The Morgan fingerprint density at radius 3 is 2.12 bits per heavy atom. The van der Waals surface area contributed by atoms with Crippen LogP contribution in [0, 0.1) is 0 Å². The molecule has 4 aromatic carbocycles. The van der Waals surface area contributed by atoms with Gasteiger partial charge in [-0.05, 0) is 110 Å². The topological polar surface area (TPSA) is 220 Å². The first-order chi connectivity index (χ1) is 28.6. The zero-order valence-electron chi connectivity index (χ0n) is 33.3. The maximum atomic E-state index is 14.5. The summed E-state index contributed by atoms with van der Waals surface area (Å²) in [4.78, 5) is 82.6. The lowest BCUT2D eigenvalue weighted by Crippen LogP contribution is -2.57. The third-order valence-electron chi connectivity index (χ3n) is 10.3. The number of phenolic OH excluding ortho intramolecular Hbond substituents is 2. The third kappa shape index (κ3) is 10.8. The summed E-state index contributed by atoms with van der Waals surface area (Å²) >= 11 is 6.03. The van der Waals surface area contributed by atoms with Crippen molar-refractivity contribution in [3.05, 3.63) is 107 Å². The summed E-state index contributed by atoms with van der Waals surface area (Å²) in [6, 6.07) is 16.1. The summed E-state index contributed by atoms with van der Waals surface area (Å²) in [5.41, 5.74) is 8.57. The summed E-state index contributed by atoms with van der Waals surface area (Å²) in [5.74, 6) is -5.06. The van der Waals surface area contributed by atoms with Crippen molar-refractivity contribution in [2.45, 2.75) is 69.7 Å². The summed E-state index contributed by atoms with van der Waals surface area (Å²) in [6.07, 6.45) is 1.01. The van der Waals surface area contributed by atoms with Gasteiger partial charge >= 0.3 is 0 Å². The maximum absolute atomic E-state index is 14.5. The molecule has 0 saturated heterocycles. The number of benzene rings is 4. The lowest BCUT2D eigenvalue weighted by atomic mass is 9.93. The summed E-state index contributed by atoms with van der Waals surface area (Å²) in [6.45, 7) is 1.69. The second-order valence-electron chi connectivity index (χ2n) is 14.7. The Hall–Kier alpha value is -6.32. The van der Waals surface area contributed by atoms with E-state index in [1.54, 1.807) is 36.4 Å². The molecular formula is C44H48ClFN6O8. The highest BCUT2D eigenvalue weighted by atomic mass is 35.5. The fourth-order valence-corrected chi connectivity index (χ4v) is 6.97. The number of phenols is 2. The predicted octanol–water partition coefficient (Wildman–Crippen LogP) is 4.10. The molecule has 16 heteroatoms. The molecule has 5 rings (SSSR count). The van der Waals surface area contributed by atoms with Crippen LogP contribution < -0.4 is 27.0 Å². The van der Waals surface area contributed by atoms with Gasteiger partial charge in [-0.15, -0.1) is 0 Å². The summed E-state index contributed by atoms with van der Waals surface area (Å²) in [5, 5.41) is 33.1. The molecule has 8 N–H and O–H groups in total. The largest absolute Gasteiger partial charge is 0.507 e. The van der Waals surface area contributed by atoms with Crippen LogP contribution in [0.25, 0.3) is 22.3 Å².